The van der Waals surface area contributed by atoms with Gasteiger partial charge < -0.3 is 10.0 Å². The monoisotopic (exact) mass is 284 g/mol. The Hall–Kier alpha value is -1.96. The first-order valence-corrected chi connectivity index (χ1v) is 7.40. The van der Waals surface area contributed by atoms with E-state index in [0.29, 0.717) is 0 Å². The molecule has 19 heavy (non-hydrogen) atoms. The number of hydrogen-bond acceptors (Lipinski definition) is 5. The molecular formula is C11H12N2O5S. The highest BCUT2D eigenvalue weighted by Crippen LogP contribution is 2.10. The molecule has 1 aromatic rings. The molecule has 1 N–H and O–H groups in total. The lowest BCUT2D eigenvalue weighted by Gasteiger charge is -2.26. The fraction of sp³-hybridized carbons (Fsp3) is 0.364. The van der Waals surface area contributed by atoms with Crippen LogP contribution >= 0.6 is 0 Å². The van der Waals surface area contributed by atoms with Crippen molar-refractivity contribution < 1.29 is 23.1 Å². The van der Waals surface area contributed by atoms with Gasteiger partial charge in [-0.2, -0.15) is 0 Å². The summed E-state index contributed by atoms with van der Waals surface area (Å²) in [6.45, 7) is 0.309. The lowest BCUT2D eigenvalue weighted by molar-refractivity contribution is 0.0687. The van der Waals surface area contributed by atoms with Gasteiger partial charge in [-0.15, -0.1) is 0 Å². The molecule has 0 radical (unpaired) electrons. The minimum absolute atomic E-state index is 0.0423. The third kappa shape index (κ3) is 3.08. The van der Waals surface area contributed by atoms with Crippen molar-refractivity contribution in [3.63, 3.8) is 0 Å². The molecule has 0 bridgehead atoms. The first kappa shape index (κ1) is 13.5. The van der Waals surface area contributed by atoms with E-state index in [1.54, 1.807) is 0 Å². The fourth-order valence-electron chi connectivity index (χ4n) is 1.74. The van der Waals surface area contributed by atoms with Crippen LogP contribution in [0.3, 0.4) is 0 Å². The topological polar surface area (TPSA) is 105 Å². The van der Waals surface area contributed by atoms with E-state index in [1.807, 2.05) is 0 Å². The number of sulfone groups is 1. The zero-order chi connectivity index (χ0) is 14.0. The standard InChI is InChI=1S/C11H12N2O5S/c14-10(13-3-5-19(17,18)6-4-13)8-1-2-9(11(15)16)12-7-8/h1-2,7H,3-6H2,(H,15,16). The summed E-state index contributed by atoms with van der Waals surface area (Å²) in [4.78, 5) is 27.8. The molecule has 2 rings (SSSR count). The molecule has 8 heteroatoms. The number of hydrogen-bond donors (Lipinski definition) is 1. The van der Waals surface area contributed by atoms with E-state index in [2.05, 4.69) is 4.98 Å². The van der Waals surface area contributed by atoms with E-state index in [9.17, 15) is 18.0 Å². The lowest BCUT2D eigenvalue weighted by Crippen LogP contribution is -2.43. The molecule has 1 amide bonds. The Balaban J connectivity index is 2.10. The molecule has 1 aliphatic rings. The van der Waals surface area contributed by atoms with Crippen molar-refractivity contribution >= 4 is 21.7 Å². The van der Waals surface area contributed by atoms with Crippen LogP contribution in [0.15, 0.2) is 18.3 Å². The average molecular weight is 284 g/mol. The molecule has 1 aromatic heterocycles. The van der Waals surface area contributed by atoms with Crippen LogP contribution in [0.25, 0.3) is 0 Å². The molecule has 1 fully saturated rings. The second kappa shape index (κ2) is 4.96. The number of aromatic carboxylic acids is 1. The number of carboxylic acid groups (broad SMARTS) is 1. The molecule has 1 aliphatic heterocycles. The van der Waals surface area contributed by atoms with Crippen LogP contribution in [-0.4, -0.2) is 59.9 Å². The SMILES string of the molecule is O=C(O)c1ccc(C(=O)N2CCS(=O)(=O)CC2)cn1. The maximum absolute atomic E-state index is 12.0. The zero-order valence-electron chi connectivity index (χ0n) is 9.94. The number of carboxylic acids is 1. The summed E-state index contributed by atoms with van der Waals surface area (Å²) in [7, 11) is -3.04. The molecule has 102 valence electrons. The maximum atomic E-state index is 12.0. The Labute approximate surface area is 109 Å². The Morgan fingerprint density at radius 2 is 1.84 bits per heavy atom. The van der Waals surface area contributed by atoms with Crippen molar-refractivity contribution in [1.82, 2.24) is 9.88 Å². The van der Waals surface area contributed by atoms with Gasteiger partial charge in [0.05, 0.1) is 17.1 Å². The second-order valence-electron chi connectivity index (χ2n) is 4.18. The van der Waals surface area contributed by atoms with E-state index in [4.69, 9.17) is 5.11 Å². The Morgan fingerprint density at radius 3 is 2.32 bits per heavy atom. The molecule has 0 atom stereocenters. The predicted molar refractivity (Wildman–Crippen MR) is 65.8 cm³/mol. The van der Waals surface area contributed by atoms with E-state index in [-0.39, 0.29) is 41.8 Å². The highest BCUT2D eigenvalue weighted by molar-refractivity contribution is 7.91. The third-order valence-corrected chi connectivity index (χ3v) is 4.47. The molecule has 1 saturated heterocycles. The van der Waals surface area contributed by atoms with Gasteiger partial charge >= 0.3 is 5.97 Å². The normalized spacial score (nSPS) is 18.0. The molecule has 0 aliphatic carbocycles. The molecule has 0 aromatic carbocycles. The average Bonchev–Trinajstić information content (AvgIpc) is 2.38. The van der Waals surface area contributed by atoms with Gasteiger partial charge in [0, 0.05) is 19.3 Å². The van der Waals surface area contributed by atoms with Crippen LogP contribution in [-0.2, 0) is 9.84 Å². The summed E-state index contributed by atoms with van der Waals surface area (Å²) in [5, 5.41) is 8.70. The van der Waals surface area contributed by atoms with Gasteiger partial charge in [-0.05, 0) is 12.1 Å². The molecule has 7 nitrogen and oxygen atoms in total. The first-order chi connectivity index (χ1) is 8.89. The van der Waals surface area contributed by atoms with Crippen molar-refractivity contribution in [3.05, 3.63) is 29.6 Å². The van der Waals surface area contributed by atoms with Crippen LogP contribution in [0.1, 0.15) is 20.8 Å². The summed E-state index contributed by atoms with van der Waals surface area (Å²) >= 11 is 0. The van der Waals surface area contributed by atoms with E-state index in [0.717, 1.165) is 0 Å². The van der Waals surface area contributed by atoms with Crippen LogP contribution in [0.2, 0.25) is 0 Å². The van der Waals surface area contributed by atoms with Crippen molar-refractivity contribution in [2.75, 3.05) is 24.6 Å². The van der Waals surface area contributed by atoms with Crippen LogP contribution in [0.5, 0.6) is 0 Å². The number of aromatic nitrogens is 1. The van der Waals surface area contributed by atoms with E-state index in [1.165, 1.54) is 23.2 Å². The zero-order valence-corrected chi connectivity index (χ0v) is 10.8. The van der Waals surface area contributed by atoms with Gasteiger partial charge in [0.1, 0.15) is 5.69 Å². The minimum Gasteiger partial charge on any atom is -0.477 e. The van der Waals surface area contributed by atoms with Crippen molar-refractivity contribution in [1.29, 1.82) is 0 Å². The van der Waals surface area contributed by atoms with Crippen molar-refractivity contribution in [3.8, 4) is 0 Å². The number of carbonyl (C=O) groups is 2. The van der Waals surface area contributed by atoms with Crippen molar-refractivity contribution in [2.45, 2.75) is 0 Å². The second-order valence-corrected chi connectivity index (χ2v) is 6.48. The smallest absolute Gasteiger partial charge is 0.354 e. The molecule has 0 spiro atoms. The van der Waals surface area contributed by atoms with Gasteiger partial charge in [0.2, 0.25) is 0 Å². The number of pyridine rings is 1. The van der Waals surface area contributed by atoms with E-state index >= 15 is 0 Å². The number of rotatable bonds is 2. The minimum atomic E-state index is -3.04. The molecule has 0 saturated carbocycles. The Kier molecular flexibility index (Phi) is 3.52. The lowest BCUT2D eigenvalue weighted by atomic mass is 10.2. The first-order valence-electron chi connectivity index (χ1n) is 5.58. The van der Waals surface area contributed by atoms with Crippen molar-refractivity contribution in [2.24, 2.45) is 0 Å². The maximum Gasteiger partial charge on any atom is 0.354 e. The number of nitrogens with zero attached hydrogens (tertiary/aromatic N) is 2. The van der Waals surface area contributed by atoms with Gasteiger partial charge in [0.15, 0.2) is 9.84 Å². The van der Waals surface area contributed by atoms with Gasteiger partial charge in [-0.25, -0.2) is 18.2 Å². The number of carbonyl (C=O) groups excluding carboxylic acids is 1. The van der Waals surface area contributed by atoms with Gasteiger partial charge in [-0.3, -0.25) is 4.79 Å². The van der Waals surface area contributed by atoms with Crippen LogP contribution < -0.4 is 0 Å². The summed E-state index contributed by atoms with van der Waals surface area (Å²) in [6, 6.07) is 2.62. The third-order valence-electron chi connectivity index (χ3n) is 2.86. The largest absolute Gasteiger partial charge is 0.477 e. The highest BCUT2D eigenvalue weighted by Gasteiger charge is 2.25. The fourth-order valence-corrected chi connectivity index (χ4v) is 2.95. The summed E-state index contributed by atoms with van der Waals surface area (Å²) in [6.07, 6.45) is 1.19. The molecule has 2 heterocycles. The molecular weight excluding hydrogens is 272 g/mol. The van der Waals surface area contributed by atoms with E-state index < -0.39 is 15.8 Å². The summed E-state index contributed by atoms with van der Waals surface area (Å²) in [5.74, 6) is -1.58. The van der Waals surface area contributed by atoms with Crippen LogP contribution in [0, 0.1) is 0 Å². The van der Waals surface area contributed by atoms with Gasteiger partial charge in [0.25, 0.3) is 5.91 Å². The van der Waals surface area contributed by atoms with Crippen LogP contribution in [0.4, 0.5) is 0 Å². The quantitative estimate of drug-likeness (QED) is 0.796. The van der Waals surface area contributed by atoms with Gasteiger partial charge in [-0.1, -0.05) is 0 Å². The highest BCUT2D eigenvalue weighted by atomic mass is 32.2. The number of amides is 1. The molecule has 0 unspecified atom stereocenters. The Bertz CT molecular complexity index is 594. The summed E-state index contributed by atoms with van der Waals surface area (Å²) < 4.78 is 22.5. The predicted octanol–water partition coefficient (Wildman–Crippen LogP) is -0.350. The summed E-state index contributed by atoms with van der Waals surface area (Å²) in [5.41, 5.74) is 0.113. The Morgan fingerprint density at radius 1 is 1.21 bits per heavy atom.